The number of nitrogens with two attached hydrogens (primary N) is 2. The summed E-state index contributed by atoms with van der Waals surface area (Å²) in [6.07, 6.45) is 2.27. The molecule has 1 aromatic rings. The minimum atomic E-state index is -1.32. The van der Waals surface area contributed by atoms with Gasteiger partial charge in [-0.1, -0.05) is 13.8 Å². The van der Waals surface area contributed by atoms with E-state index < -0.39 is 53.8 Å². The first-order valence-corrected chi connectivity index (χ1v) is 10.8. The van der Waals surface area contributed by atoms with Gasteiger partial charge in [-0.3, -0.25) is 19.2 Å². The minimum absolute atomic E-state index is 0.0834. The summed E-state index contributed by atoms with van der Waals surface area (Å²) in [7, 11) is 0. The predicted octanol–water partition coefficient (Wildman–Crippen LogP) is -2.33. The van der Waals surface area contributed by atoms with Crippen molar-refractivity contribution in [3.63, 3.8) is 0 Å². The summed E-state index contributed by atoms with van der Waals surface area (Å²) in [5.41, 5.74) is 11.4. The van der Waals surface area contributed by atoms with Crippen molar-refractivity contribution >= 4 is 42.2 Å². The molecular weight excluding hydrogens is 454 g/mol. The zero-order valence-corrected chi connectivity index (χ0v) is 19.3. The van der Waals surface area contributed by atoms with Gasteiger partial charge in [-0.25, -0.2) is 9.78 Å². The number of carboxylic acid groups (broad SMARTS) is 1. The van der Waals surface area contributed by atoms with Gasteiger partial charge in [-0.05, 0) is 12.3 Å². The van der Waals surface area contributed by atoms with Crippen LogP contribution >= 0.6 is 12.6 Å². The molecule has 0 saturated heterocycles. The highest BCUT2D eigenvalue weighted by atomic mass is 32.1. The lowest BCUT2D eigenvalue weighted by atomic mass is 10.0. The molecule has 0 spiro atoms. The molecule has 4 atom stereocenters. The van der Waals surface area contributed by atoms with Gasteiger partial charge in [0.1, 0.15) is 18.1 Å². The first-order valence-electron chi connectivity index (χ1n) is 10.2. The molecule has 0 radical (unpaired) electrons. The number of hydrogen-bond acceptors (Lipinski definition) is 8. The number of amides is 4. The Balaban J connectivity index is 2.92. The van der Waals surface area contributed by atoms with Crippen LogP contribution in [0.4, 0.5) is 0 Å². The van der Waals surface area contributed by atoms with E-state index in [1.807, 2.05) is 0 Å². The molecule has 4 unspecified atom stereocenters. The van der Waals surface area contributed by atoms with Crippen LogP contribution in [0.3, 0.4) is 0 Å². The Hall–Kier alpha value is -3.13. The standard InChI is InChI=1S/C19H31N7O6S/c1-9(2)15(21)18(30)26-13(7-33)17(29)24-11(3-4-14(20)27)16(28)25-12(19(31)32)5-10-6-22-8-23-10/h6,8-9,11-13,15,33H,3-5,7,21H2,1-2H3,(H2,20,27)(H,22,23)(H,24,29)(H,25,28)(H,26,30)(H,31,32). The van der Waals surface area contributed by atoms with Crippen LogP contribution in [0.1, 0.15) is 32.4 Å². The van der Waals surface area contributed by atoms with Crippen molar-refractivity contribution in [2.45, 2.75) is 57.3 Å². The largest absolute Gasteiger partial charge is 0.480 e. The van der Waals surface area contributed by atoms with Gasteiger partial charge in [0.2, 0.25) is 23.6 Å². The topological polar surface area (TPSA) is 222 Å². The fourth-order valence-corrected chi connectivity index (χ4v) is 2.94. The third kappa shape index (κ3) is 9.49. The number of nitrogens with zero attached hydrogens (tertiary/aromatic N) is 1. The lowest BCUT2D eigenvalue weighted by Crippen LogP contribution is -2.58. The van der Waals surface area contributed by atoms with Crippen LogP contribution < -0.4 is 27.4 Å². The van der Waals surface area contributed by atoms with Gasteiger partial charge in [-0.15, -0.1) is 0 Å². The molecule has 9 N–H and O–H groups in total. The Morgan fingerprint density at radius 3 is 2.12 bits per heavy atom. The van der Waals surface area contributed by atoms with Crippen molar-refractivity contribution in [1.82, 2.24) is 25.9 Å². The summed E-state index contributed by atoms with van der Waals surface area (Å²) in [5, 5.41) is 16.7. The molecule has 0 saturated carbocycles. The van der Waals surface area contributed by atoms with Crippen molar-refractivity contribution in [3.8, 4) is 0 Å². The number of H-pyrrole nitrogens is 1. The fraction of sp³-hybridized carbons (Fsp3) is 0.579. The zero-order valence-electron chi connectivity index (χ0n) is 18.4. The highest BCUT2D eigenvalue weighted by Crippen LogP contribution is 2.05. The number of carbonyl (C=O) groups is 5. The number of carboxylic acids is 1. The number of rotatable bonds is 14. The summed E-state index contributed by atoms with van der Waals surface area (Å²) in [6.45, 7) is 3.48. The number of imidazole rings is 1. The molecule has 4 amide bonds. The molecule has 33 heavy (non-hydrogen) atoms. The number of aliphatic carboxylic acids is 1. The molecule has 0 aromatic carbocycles. The van der Waals surface area contributed by atoms with Crippen molar-refractivity contribution in [1.29, 1.82) is 0 Å². The second-order valence-electron chi connectivity index (χ2n) is 7.76. The molecular formula is C19H31N7O6S. The van der Waals surface area contributed by atoms with Crippen molar-refractivity contribution in [2.75, 3.05) is 5.75 Å². The maximum atomic E-state index is 12.8. The summed E-state index contributed by atoms with van der Waals surface area (Å²) >= 11 is 4.06. The van der Waals surface area contributed by atoms with Crippen LogP contribution in [0.5, 0.6) is 0 Å². The Morgan fingerprint density at radius 2 is 1.64 bits per heavy atom. The minimum Gasteiger partial charge on any atom is -0.480 e. The van der Waals surface area contributed by atoms with E-state index in [0.29, 0.717) is 5.69 Å². The van der Waals surface area contributed by atoms with E-state index in [0.717, 1.165) is 0 Å². The SMILES string of the molecule is CC(C)C(N)C(=O)NC(CS)C(=O)NC(CCC(N)=O)C(=O)NC(Cc1cnc[nH]1)C(=O)O. The molecule has 0 aliphatic heterocycles. The second-order valence-corrected chi connectivity index (χ2v) is 8.13. The first kappa shape index (κ1) is 27.9. The maximum Gasteiger partial charge on any atom is 0.326 e. The third-order valence-electron chi connectivity index (χ3n) is 4.74. The lowest BCUT2D eigenvalue weighted by molar-refractivity contribution is -0.142. The number of primary amides is 1. The van der Waals surface area contributed by atoms with E-state index in [4.69, 9.17) is 11.5 Å². The van der Waals surface area contributed by atoms with Crippen LogP contribution in [0.15, 0.2) is 12.5 Å². The normalized spacial score (nSPS) is 14.6. The highest BCUT2D eigenvalue weighted by molar-refractivity contribution is 7.80. The van der Waals surface area contributed by atoms with Gasteiger partial charge in [0.05, 0.1) is 12.4 Å². The van der Waals surface area contributed by atoms with E-state index in [-0.39, 0.29) is 30.9 Å². The van der Waals surface area contributed by atoms with Gasteiger partial charge < -0.3 is 37.5 Å². The van der Waals surface area contributed by atoms with E-state index in [2.05, 4.69) is 38.5 Å². The smallest absolute Gasteiger partial charge is 0.326 e. The van der Waals surface area contributed by atoms with Crippen molar-refractivity contribution in [2.24, 2.45) is 17.4 Å². The van der Waals surface area contributed by atoms with E-state index in [1.54, 1.807) is 13.8 Å². The van der Waals surface area contributed by atoms with Crippen LogP contribution in [0.25, 0.3) is 0 Å². The fourth-order valence-electron chi connectivity index (χ4n) is 2.68. The van der Waals surface area contributed by atoms with Gasteiger partial charge >= 0.3 is 5.97 Å². The third-order valence-corrected chi connectivity index (χ3v) is 5.11. The van der Waals surface area contributed by atoms with Gasteiger partial charge in [0.25, 0.3) is 0 Å². The van der Waals surface area contributed by atoms with Gasteiger partial charge in [-0.2, -0.15) is 12.6 Å². The van der Waals surface area contributed by atoms with Crippen molar-refractivity contribution in [3.05, 3.63) is 18.2 Å². The zero-order chi connectivity index (χ0) is 25.1. The molecule has 0 aliphatic rings. The molecule has 0 aliphatic carbocycles. The van der Waals surface area contributed by atoms with Gasteiger partial charge in [0, 0.05) is 30.5 Å². The average molecular weight is 486 g/mol. The molecule has 184 valence electrons. The summed E-state index contributed by atoms with van der Waals surface area (Å²) in [4.78, 5) is 67.0. The van der Waals surface area contributed by atoms with Gasteiger partial charge in [0.15, 0.2) is 0 Å². The number of hydrogen-bond donors (Lipinski definition) is 8. The molecule has 0 fully saturated rings. The van der Waals surface area contributed by atoms with Crippen LogP contribution in [0.2, 0.25) is 0 Å². The summed E-state index contributed by atoms with van der Waals surface area (Å²) in [6, 6.07) is -4.58. The van der Waals surface area contributed by atoms with E-state index >= 15 is 0 Å². The monoisotopic (exact) mass is 485 g/mol. The Labute approximate surface area is 196 Å². The lowest BCUT2D eigenvalue weighted by Gasteiger charge is -2.25. The Bertz CT molecular complexity index is 833. The molecule has 14 heteroatoms. The van der Waals surface area contributed by atoms with Crippen LogP contribution in [-0.4, -0.2) is 74.6 Å². The Morgan fingerprint density at radius 1 is 1.06 bits per heavy atom. The highest BCUT2D eigenvalue weighted by Gasteiger charge is 2.30. The van der Waals surface area contributed by atoms with Crippen molar-refractivity contribution < 1.29 is 29.1 Å². The predicted molar refractivity (Wildman–Crippen MR) is 121 cm³/mol. The van der Waals surface area contributed by atoms with Crippen LogP contribution in [-0.2, 0) is 30.4 Å². The molecule has 1 aromatic heterocycles. The molecule has 1 heterocycles. The van der Waals surface area contributed by atoms with E-state index in [9.17, 15) is 29.1 Å². The number of aromatic amines is 1. The first-order chi connectivity index (χ1) is 15.5. The number of carbonyl (C=O) groups excluding carboxylic acids is 4. The second kappa shape index (κ2) is 13.4. The Kier molecular flexibility index (Phi) is 11.4. The molecule has 0 bridgehead atoms. The van der Waals surface area contributed by atoms with Crippen LogP contribution in [0, 0.1) is 5.92 Å². The quantitative estimate of drug-likeness (QED) is 0.133. The summed E-state index contributed by atoms with van der Waals surface area (Å²) < 4.78 is 0. The number of thiol groups is 1. The summed E-state index contributed by atoms with van der Waals surface area (Å²) in [5.74, 6) is -4.44. The number of nitrogens with one attached hydrogen (secondary N) is 4. The molecule has 13 nitrogen and oxygen atoms in total. The molecule has 1 rings (SSSR count). The average Bonchev–Trinajstić information content (AvgIpc) is 3.26. The maximum absolute atomic E-state index is 12.8. The van der Waals surface area contributed by atoms with E-state index in [1.165, 1.54) is 12.5 Å². The number of aromatic nitrogens is 2.